The average Bonchev–Trinajstić information content (AvgIpc) is 3.05. The second-order valence-electron chi connectivity index (χ2n) is 8.57. The first kappa shape index (κ1) is 18.6. The van der Waals surface area contributed by atoms with Gasteiger partial charge in [0.2, 0.25) is 5.91 Å². The van der Waals surface area contributed by atoms with Crippen LogP contribution in [0.2, 0.25) is 0 Å². The van der Waals surface area contributed by atoms with E-state index in [0.717, 1.165) is 18.7 Å². The quantitative estimate of drug-likeness (QED) is 0.710. The highest BCUT2D eigenvalue weighted by Crippen LogP contribution is 2.32. The summed E-state index contributed by atoms with van der Waals surface area (Å²) in [7, 11) is 0. The van der Waals surface area contributed by atoms with Gasteiger partial charge in [0, 0.05) is 41.7 Å². The zero-order valence-corrected chi connectivity index (χ0v) is 16.9. The van der Waals surface area contributed by atoms with Crippen LogP contribution in [0.1, 0.15) is 44.0 Å². The lowest BCUT2D eigenvalue weighted by Gasteiger charge is -2.27. The Morgan fingerprint density at radius 2 is 1.93 bits per heavy atom. The van der Waals surface area contributed by atoms with Crippen molar-refractivity contribution < 1.29 is 9.53 Å². The monoisotopic (exact) mass is 376 g/mol. The van der Waals surface area contributed by atoms with E-state index in [4.69, 9.17) is 4.74 Å². The molecule has 0 atom stereocenters. The third kappa shape index (κ3) is 3.77. The summed E-state index contributed by atoms with van der Waals surface area (Å²) in [6.07, 6.45) is 1.28. The molecule has 0 spiro atoms. The third-order valence-electron chi connectivity index (χ3n) is 5.52. The van der Waals surface area contributed by atoms with Gasteiger partial charge in [0.25, 0.3) is 0 Å². The number of H-pyrrole nitrogens is 1. The van der Waals surface area contributed by atoms with Gasteiger partial charge < -0.3 is 14.6 Å². The molecule has 0 fully saturated rings. The number of amides is 1. The zero-order valence-electron chi connectivity index (χ0n) is 16.9. The minimum atomic E-state index is 0.108. The molecule has 2 heterocycles. The Hall–Kier alpha value is -2.75. The fourth-order valence-electron chi connectivity index (χ4n) is 3.82. The van der Waals surface area contributed by atoms with Crippen LogP contribution in [0.5, 0.6) is 5.75 Å². The van der Waals surface area contributed by atoms with E-state index in [2.05, 4.69) is 44.0 Å². The number of ether oxygens (including phenoxy) is 1. The molecular weight excluding hydrogens is 348 g/mol. The molecule has 28 heavy (non-hydrogen) atoms. The van der Waals surface area contributed by atoms with Gasteiger partial charge in [0.1, 0.15) is 5.75 Å². The predicted octanol–water partition coefficient (Wildman–Crippen LogP) is 4.82. The van der Waals surface area contributed by atoms with Crippen LogP contribution in [-0.4, -0.2) is 28.9 Å². The van der Waals surface area contributed by atoms with Crippen LogP contribution in [0.4, 0.5) is 0 Å². The molecule has 4 rings (SSSR count). The fraction of sp³-hybridized carbons (Fsp3) is 0.375. The molecule has 0 unspecified atom stereocenters. The number of nitrogens with zero attached hydrogens (tertiary/aromatic N) is 1. The van der Waals surface area contributed by atoms with Gasteiger partial charge >= 0.3 is 0 Å². The number of nitrogens with one attached hydrogen (secondary N) is 1. The van der Waals surface area contributed by atoms with E-state index in [-0.39, 0.29) is 11.3 Å². The maximum absolute atomic E-state index is 12.7. The van der Waals surface area contributed by atoms with E-state index in [1.165, 1.54) is 27.7 Å². The van der Waals surface area contributed by atoms with Gasteiger partial charge in [-0.15, -0.1) is 0 Å². The minimum absolute atomic E-state index is 0.108. The summed E-state index contributed by atoms with van der Waals surface area (Å²) in [5.41, 5.74) is 5.13. The summed E-state index contributed by atoms with van der Waals surface area (Å²) >= 11 is 0. The van der Waals surface area contributed by atoms with Gasteiger partial charge in [-0.1, -0.05) is 45.0 Å². The maximum atomic E-state index is 12.7. The summed E-state index contributed by atoms with van der Waals surface area (Å²) in [5, 5.41) is 1.25. The molecule has 4 nitrogen and oxygen atoms in total. The van der Waals surface area contributed by atoms with Crippen LogP contribution in [0, 0.1) is 0 Å². The van der Waals surface area contributed by atoms with E-state index in [9.17, 15) is 4.79 Å². The number of benzene rings is 2. The van der Waals surface area contributed by atoms with Crippen molar-refractivity contribution in [3.63, 3.8) is 0 Å². The van der Waals surface area contributed by atoms with Crippen molar-refractivity contribution in [1.82, 2.24) is 9.88 Å². The van der Waals surface area contributed by atoms with Gasteiger partial charge in [-0.25, -0.2) is 0 Å². The van der Waals surface area contributed by atoms with Crippen molar-refractivity contribution in [2.24, 2.45) is 0 Å². The maximum Gasteiger partial charge on any atom is 0.226 e. The fourth-order valence-corrected chi connectivity index (χ4v) is 3.82. The van der Waals surface area contributed by atoms with Crippen LogP contribution in [0.3, 0.4) is 0 Å². The Bertz CT molecular complexity index is 983. The number of fused-ring (bicyclic) bond motifs is 3. The zero-order chi connectivity index (χ0) is 19.7. The lowest BCUT2D eigenvalue weighted by molar-refractivity contribution is -0.132. The molecule has 0 radical (unpaired) electrons. The molecule has 1 amide bonds. The number of hydrogen-bond donors (Lipinski definition) is 1. The van der Waals surface area contributed by atoms with Crippen molar-refractivity contribution in [3.8, 4) is 5.75 Å². The first-order valence-electron chi connectivity index (χ1n) is 10.0. The third-order valence-corrected chi connectivity index (χ3v) is 5.52. The van der Waals surface area contributed by atoms with E-state index in [0.29, 0.717) is 19.6 Å². The number of hydrogen-bond acceptors (Lipinski definition) is 2. The van der Waals surface area contributed by atoms with Gasteiger partial charge in [0.05, 0.1) is 13.0 Å². The molecule has 0 aliphatic carbocycles. The van der Waals surface area contributed by atoms with Crippen LogP contribution in [-0.2, 0) is 23.2 Å². The molecule has 1 N–H and O–H groups in total. The molecule has 1 aromatic heterocycles. The van der Waals surface area contributed by atoms with Crippen molar-refractivity contribution in [3.05, 3.63) is 65.4 Å². The number of para-hydroxylation sites is 1. The molecule has 1 aliphatic rings. The van der Waals surface area contributed by atoms with Crippen LogP contribution in [0.25, 0.3) is 10.9 Å². The molecule has 1 aliphatic heterocycles. The van der Waals surface area contributed by atoms with E-state index >= 15 is 0 Å². The molecule has 0 saturated carbocycles. The minimum Gasteiger partial charge on any atom is -0.493 e. The Morgan fingerprint density at radius 1 is 1.14 bits per heavy atom. The number of aromatic amines is 1. The molecule has 2 aromatic carbocycles. The standard InChI is InChI=1S/C24H28N2O2/c1-24(2,3)17-9-10-21-19(15-17)20-16-26(13-11-22(20)25-21)23(27)12-14-28-18-7-5-4-6-8-18/h4-10,15,25H,11-14,16H2,1-3H3. The SMILES string of the molecule is CC(C)(C)c1ccc2[nH]c3c(c2c1)CN(C(=O)CCOc1ccccc1)CC3. The second kappa shape index (κ2) is 7.34. The van der Waals surface area contributed by atoms with Crippen molar-refractivity contribution in [2.75, 3.05) is 13.2 Å². The Morgan fingerprint density at radius 3 is 2.68 bits per heavy atom. The lowest BCUT2D eigenvalue weighted by Crippen LogP contribution is -2.36. The van der Waals surface area contributed by atoms with Crippen LogP contribution < -0.4 is 4.74 Å². The van der Waals surface area contributed by atoms with E-state index in [1.807, 2.05) is 35.2 Å². The molecule has 3 aromatic rings. The number of carbonyl (C=O) groups is 1. The topological polar surface area (TPSA) is 45.3 Å². The summed E-state index contributed by atoms with van der Waals surface area (Å²) < 4.78 is 5.69. The van der Waals surface area contributed by atoms with Gasteiger partial charge in [-0.3, -0.25) is 4.79 Å². The molecule has 4 heteroatoms. The number of aromatic nitrogens is 1. The van der Waals surface area contributed by atoms with Crippen molar-refractivity contribution in [2.45, 2.75) is 45.6 Å². The highest BCUT2D eigenvalue weighted by atomic mass is 16.5. The molecular formula is C24H28N2O2. The Balaban J connectivity index is 1.46. The molecule has 146 valence electrons. The average molecular weight is 377 g/mol. The predicted molar refractivity (Wildman–Crippen MR) is 113 cm³/mol. The van der Waals surface area contributed by atoms with Gasteiger partial charge in [-0.05, 0) is 35.2 Å². The highest BCUT2D eigenvalue weighted by molar-refractivity contribution is 5.87. The van der Waals surface area contributed by atoms with Crippen molar-refractivity contribution in [1.29, 1.82) is 0 Å². The van der Waals surface area contributed by atoms with Gasteiger partial charge in [-0.2, -0.15) is 0 Å². The Labute approximate surface area is 166 Å². The summed E-state index contributed by atoms with van der Waals surface area (Å²) in [6, 6.07) is 16.3. The Kier molecular flexibility index (Phi) is 4.88. The summed E-state index contributed by atoms with van der Waals surface area (Å²) in [6.45, 7) is 8.54. The highest BCUT2D eigenvalue weighted by Gasteiger charge is 2.25. The summed E-state index contributed by atoms with van der Waals surface area (Å²) in [5.74, 6) is 0.963. The number of rotatable bonds is 4. The first-order valence-corrected chi connectivity index (χ1v) is 10.0. The lowest BCUT2D eigenvalue weighted by atomic mass is 9.86. The largest absolute Gasteiger partial charge is 0.493 e. The molecule has 0 saturated heterocycles. The smallest absolute Gasteiger partial charge is 0.226 e. The normalized spacial score (nSPS) is 14.2. The van der Waals surface area contributed by atoms with Crippen molar-refractivity contribution >= 4 is 16.8 Å². The van der Waals surface area contributed by atoms with E-state index in [1.54, 1.807) is 0 Å². The summed E-state index contributed by atoms with van der Waals surface area (Å²) in [4.78, 5) is 18.2. The van der Waals surface area contributed by atoms with E-state index < -0.39 is 0 Å². The van der Waals surface area contributed by atoms with Gasteiger partial charge in [0.15, 0.2) is 0 Å². The van der Waals surface area contributed by atoms with Crippen LogP contribution in [0.15, 0.2) is 48.5 Å². The first-order chi connectivity index (χ1) is 13.4. The molecule has 0 bridgehead atoms. The second-order valence-corrected chi connectivity index (χ2v) is 8.57. The number of carbonyl (C=O) groups excluding carboxylic acids is 1. The van der Waals surface area contributed by atoms with Crippen LogP contribution >= 0.6 is 0 Å².